The van der Waals surface area contributed by atoms with E-state index in [-0.39, 0.29) is 0 Å². The molecule has 1 N–H and O–H groups in total. The van der Waals surface area contributed by atoms with Crippen LogP contribution in [0.15, 0.2) is 35.6 Å². The average Bonchev–Trinajstić information content (AvgIpc) is 2.19. The van der Waals surface area contributed by atoms with Crippen molar-refractivity contribution < 1.29 is 5.21 Å². The van der Waals surface area contributed by atoms with Gasteiger partial charge in [-0.25, -0.2) is 0 Å². The third kappa shape index (κ3) is 1.33. The average molecular weight is 173 g/mol. The third-order valence-corrected chi connectivity index (χ3v) is 1.77. The molecule has 1 aromatic carbocycles. The van der Waals surface area contributed by atoms with Crippen molar-refractivity contribution in [3.63, 3.8) is 0 Å². The molecule has 2 rings (SSSR count). The summed E-state index contributed by atoms with van der Waals surface area (Å²) in [5.74, 6) is 0. The first-order valence-electron chi connectivity index (χ1n) is 3.79. The summed E-state index contributed by atoms with van der Waals surface area (Å²) in [4.78, 5) is 0. The van der Waals surface area contributed by atoms with Gasteiger partial charge < -0.3 is 5.21 Å². The number of rotatable bonds is 1. The first-order valence-corrected chi connectivity index (χ1v) is 3.79. The Hall–Kier alpha value is -1.97. The minimum atomic E-state index is 0.758. The molecule has 0 spiro atoms. The van der Waals surface area contributed by atoms with Crippen LogP contribution in [0.3, 0.4) is 0 Å². The molecule has 0 amide bonds. The lowest BCUT2D eigenvalue weighted by molar-refractivity contribution is 0.322. The molecule has 0 aliphatic rings. The van der Waals surface area contributed by atoms with E-state index < -0.39 is 0 Å². The Morgan fingerprint density at radius 3 is 3.00 bits per heavy atom. The molecule has 1 heterocycles. The van der Waals surface area contributed by atoms with E-state index in [0.717, 1.165) is 16.5 Å². The minimum Gasteiger partial charge on any atom is -0.411 e. The largest absolute Gasteiger partial charge is 0.411 e. The Kier molecular flexibility index (Phi) is 1.88. The van der Waals surface area contributed by atoms with E-state index in [2.05, 4.69) is 15.4 Å². The summed E-state index contributed by atoms with van der Waals surface area (Å²) in [5, 5.41) is 20.0. The molecular formula is C9H7N3O. The van der Waals surface area contributed by atoms with E-state index in [1.807, 2.05) is 24.3 Å². The normalized spacial score (nSPS) is 11.1. The second-order valence-corrected chi connectivity index (χ2v) is 2.56. The lowest BCUT2D eigenvalue weighted by atomic mass is 10.1. The molecule has 0 fully saturated rings. The third-order valence-electron chi connectivity index (χ3n) is 1.77. The van der Waals surface area contributed by atoms with Crippen LogP contribution in [0.1, 0.15) is 5.56 Å². The fraction of sp³-hybridized carbons (Fsp3) is 0. The summed E-state index contributed by atoms with van der Waals surface area (Å²) in [6.07, 6.45) is 2.90. The number of fused-ring (bicyclic) bond motifs is 1. The Morgan fingerprint density at radius 2 is 2.15 bits per heavy atom. The maximum Gasteiger partial charge on any atom is 0.0936 e. The lowest BCUT2D eigenvalue weighted by Crippen LogP contribution is -1.89. The Bertz CT molecular complexity index is 448. The summed E-state index contributed by atoms with van der Waals surface area (Å²) >= 11 is 0. The van der Waals surface area contributed by atoms with Crippen LogP contribution in [0.25, 0.3) is 10.9 Å². The van der Waals surface area contributed by atoms with Crippen LogP contribution < -0.4 is 0 Å². The van der Waals surface area contributed by atoms with Gasteiger partial charge in [-0.15, -0.1) is 0 Å². The van der Waals surface area contributed by atoms with Crippen LogP contribution in [0.2, 0.25) is 0 Å². The Morgan fingerprint density at radius 1 is 1.31 bits per heavy atom. The van der Waals surface area contributed by atoms with E-state index in [4.69, 9.17) is 5.21 Å². The number of hydrogen-bond donors (Lipinski definition) is 1. The Balaban J connectivity index is 2.75. The molecule has 0 bridgehead atoms. The molecule has 64 valence electrons. The maximum atomic E-state index is 8.40. The molecule has 13 heavy (non-hydrogen) atoms. The van der Waals surface area contributed by atoms with Gasteiger partial charge in [0.05, 0.1) is 17.9 Å². The van der Waals surface area contributed by atoms with Crippen LogP contribution in [0.4, 0.5) is 0 Å². The van der Waals surface area contributed by atoms with Gasteiger partial charge >= 0.3 is 0 Å². The highest BCUT2D eigenvalue weighted by Gasteiger charge is 1.98. The molecule has 4 nitrogen and oxygen atoms in total. The van der Waals surface area contributed by atoms with Gasteiger partial charge in [0.1, 0.15) is 0 Å². The van der Waals surface area contributed by atoms with Crippen molar-refractivity contribution in [2.24, 2.45) is 5.16 Å². The van der Waals surface area contributed by atoms with Gasteiger partial charge in [-0.05, 0) is 6.07 Å². The highest BCUT2D eigenvalue weighted by molar-refractivity contribution is 5.97. The monoisotopic (exact) mass is 173 g/mol. The number of aromatic nitrogens is 2. The van der Waals surface area contributed by atoms with E-state index in [1.54, 1.807) is 6.20 Å². The first kappa shape index (κ1) is 7.67. The van der Waals surface area contributed by atoms with Crippen molar-refractivity contribution in [2.45, 2.75) is 0 Å². The quantitative estimate of drug-likeness (QED) is 0.403. The molecule has 0 aliphatic carbocycles. The van der Waals surface area contributed by atoms with Crippen LogP contribution in [-0.4, -0.2) is 21.6 Å². The van der Waals surface area contributed by atoms with Crippen molar-refractivity contribution in [3.05, 3.63) is 36.0 Å². The van der Waals surface area contributed by atoms with Crippen molar-refractivity contribution >= 4 is 17.1 Å². The second kappa shape index (κ2) is 3.18. The highest BCUT2D eigenvalue weighted by Crippen LogP contribution is 2.12. The van der Waals surface area contributed by atoms with Gasteiger partial charge in [-0.3, -0.25) is 0 Å². The first-order chi connectivity index (χ1) is 6.42. The number of nitrogens with zero attached hydrogens (tertiary/aromatic N) is 3. The van der Waals surface area contributed by atoms with Gasteiger partial charge in [0.25, 0.3) is 0 Å². The molecule has 0 saturated carbocycles. The zero-order chi connectivity index (χ0) is 9.10. The van der Waals surface area contributed by atoms with E-state index in [1.165, 1.54) is 6.21 Å². The molecule has 0 aliphatic heterocycles. The summed E-state index contributed by atoms with van der Waals surface area (Å²) in [6, 6.07) is 7.55. The van der Waals surface area contributed by atoms with Crippen molar-refractivity contribution in [1.29, 1.82) is 0 Å². The van der Waals surface area contributed by atoms with Gasteiger partial charge in [0.15, 0.2) is 0 Å². The van der Waals surface area contributed by atoms with E-state index >= 15 is 0 Å². The van der Waals surface area contributed by atoms with Gasteiger partial charge in [0.2, 0.25) is 0 Å². The molecular weight excluding hydrogens is 166 g/mol. The zero-order valence-electron chi connectivity index (χ0n) is 6.75. The van der Waals surface area contributed by atoms with Crippen LogP contribution in [-0.2, 0) is 0 Å². The topological polar surface area (TPSA) is 58.4 Å². The fourth-order valence-corrected chi connectivity index (χ4v) is 1.19. The summed E-state index contributed by atoms with van der Waals surface area (Å²) in [6.45, 7) is 0. The number of hydrogen-bond acceptors (Lipinski definition) is 4. The molecule has 2 aromatic rings. The van der Waals surface area contributed by atoms with Gasteiger partial charge in [-0.2, -0.15) is 10.2 Å². The fourth-order valence-electron chi connectivity index (χ4n) is 1.19. The molecule has 0 radical (unpaired) electrons. The molecule has 0 saturated heterocycles. The number of benzene rings is 1. The minimum absolute atomic E-state index is 0.758. The SMILES string of the molecule is O/N=C/c1cnnc2ccccc12. The van der Waals surface area contributed by atoms with Crippen LogP contribution in [0.5, 0.6) is 0 Å². The van der Waals surface area contributed by atoms with Crippen LogP contribution >= 0.6 is 0 Å². The highest BCUT2D eigenvalue weighted by atomic mass is 16.4. The van der Waals surface area contributed by atoms with Crippen molar-refractivity contribution in [3.8, 4) is 0 Å². The van der Waals surface area contributed by atoms with Crippen molar-refractivity contribution in [2.75, 3.05) is 0 Å². The van der Waals surface area contributed by atoms with Gasteiger partial charge in [0, 0.05) is 10.9 Å². The number of oxime groups is 1. The molecule has 0 unspecified atom stereocenters. The zero-order valence-corrected chi connectivity index (χ0v) is 6.75. The predicted molar refractivity (Wildman–Crippen MR) is 48.9 cm³/mol. The Labute approximate surface area is 74.5 Å². The standard InChI is InChI=1S/C9H7N3O/c13-11-6-7-5-10-12-9-4-2-1-3-8(7)9/h1-6,13H/b11-6+. The summed E-state index contributed by atoms with van der Waals surface area (Å²) in [7, 11) is 0. The van der Waals surface area contributed by atoms with Crippen LogP contribution in [0, 0.1) is 0 Å². The smallest absolute Gasteiger partial charge is 0.0936 e. The van der Waals surface area contributed by atoms with Gasteiger partial charge in [-0.1, -0.05) is 23.4 Å². The van der Waals surface area contributed by atoms with E-state index in [9.17, 15) is 0 Å². The maximum absolute atomic E-state index is 8.40. The molecule has 0 atom stereocenters. The summed E-state index contributed by atoms with van der Waals surface area (Å²) < 4.78 is 0. The summed E-state index contributed by atoms with van der Waals surface area (Å²) in [5.41, 5.74) is 1.55. The van der Waals surface area contributed by atoms with Crippen molar-refractivity contribution in [1.82, 2.24) is 10.2 Å². The molecule has 1 aromatic heterocycles. The predicted octanol–water partition coefficient (Wildman–Crippen LogP) is 1.44. The van der Waals surface area contributed by atoms with E-state index in [0.29, 0.717) is 0 Å². The molecule has 4 heteroatoms. The second-order valence-electron chi connectivity index (χ2n) is 2.56. The lowest BCUT2D eigenvalue weighted by Gasteiger charge is -1.97.